The van der Waals surface area contributed by atoms with E-state index in [0.29, 0.717) is 6.54 Å². The van der Waals surface area contributed by atoms with E-state index in [0.717, 1.165) is 27.2 Å². The molecule has 1 aliphatic heterocycles. The monoisotopic (exact) mass is 321 g/mol. The van der Waals surface area contributed by atoms with Gasteiger partial charge in [-0.2, -0.15) is 0 Å². The molecule has 4 nitrogen and oxygen atoms in total. The molecule has 0 unspecified atom stereocenters. The van der Waals surface area contributed by atoms with Crippen LogP contribution in [-0.2, 0) is 6.54 Å². The first kappa shape index (κ1) is 12.2. The van der Waals surface area contributed by atoms with Crippen molar-refractivity contribution in [3.8, 4) is 17.2 Å². The summed E-state index contributed by atoms with van der Waals surface area (Å²) in [6.07, 6.45) is 0. The zero-order chi connectivity index (χ0) is 13.2. The molecule has 2 N–H and O–H groups in total. The van der Waals surface area contributed by atoms with Crippen LogP contribution in [0.15, 0.2) is 40.9 Å². The minimum absolute atomic E-state index is 0.269. The Kier molecular flexibility index (Phi) is 3.21. The lowest BCUT2D eigenvalue weighted by atomic mass is 10.2. The van der Waals surface area contributed by atoms with Crippen LogP contribution in [0.5, 0.6) is 17.2 Å². The van der Waals surface area contributed by atoms with Crippen molar-refractivity contribution in [3.63, 3.8) is 0 Å². The van der Waals surface area contributed by atoms with Gasteiger partial charge in [-0.05, 0) is 30.3 Å². The van der Waals surface area contributed by atoms with Crippen LogP contribution in [-0.4, -0.2) is 11.9 Å². The molecular formula is C14H12BrNO3. The van der Waals surface area contributed by atoms with Gasteiger partial charge in [0.1, 0.15) is 5.75 Å². The van der Waals surface area contributed by atoms with Gasteiger partial charge < -0.3 is 19.9 Å². The van der Waals surface area contributed by atoms with Crippen molar-refractivity contribution in [3.05, 3.63) is 46.4 Å². The van der Waals surface area contributed by atoms with E-state index in [9.17, 15) is 5.11 Å². The lowest BCUT2D eigenvalue weighted by Crippen LogP contribution is -1.99. The minimum atomic E-state index is 0.269. The standard InChI is InChI=1S/C14H12BrNO3/c15-10-1-3-12(17)9(5-10)7-16-11-2-4-13-14(6-11)19-8-18-13/h1-6,16-17H,7-8H2. The van der Waals surface area contributed by atoms with Crippen LogP contribution in [0.3, 0.4) is 0 Å². The zero-order valence-corrected chi connectivity index (χ0v) is 11.6. The number of aromatic hydroxyl groups is 1. The molecule has 0 aromatic heterocycles. The second-order valence-corrected chi connectivity index (χ2v) is 5.11. The first-order chi connectivity index (χ1) is 9.22. The molecule has 0 radical (unpaired) electrons. The lowest BCUT2D eigenvalue weighted by molar-refractivity contribution is 0.174. The van der Waals surface area contributed by atoms with Crippen molar-refractivity contribution in [2.75, 3.05) is 12.1 Å². The zero-order valence-electron chi connectivity index (χ0n) is 10.0. The summed E-state index contributed by atoms with van der Waals surface area (Å²) >= 11 is 3.39. The van der Waals surface area contributed by atoms with Crippen LogP contribution >= 0.6 is 15.9 Å². The van der Waals surface area contributed by atoms with Crippen molar-refractivity contribution in [2.45, 2.75) is 6.54 Å². The number of rotatable bonds is 3. The first-order valence-corrected chi connectivity index (χ1v) is 6.62. The summed E-state index contributed by atoms with van der Waals surface area (Å²) in [7, 11) is 0. The number of halogens is 1. The highest BCUT2D eigenvalue weighted by Gasteiger charge is 2.13. The Hall–Kier alpha value is -1.88. The Morgan fingerprint density at radius 1 is 1.11 bits per heavy atom. The largest absolute Gasteiger partial charge is 0.508 e. The Bertz CT molecular complexity index is 616. The van der Waals surface area contributed by atoms with Crippen molar-refractivity contribution in [1.82, 2.24) is 0 Å². The third-order valence-electron chi connectivity index (χ3n) is 2.90. The fourth-order valence-electron chi connectivity index (χ4n) is 1.90. The number of phenols is 1. The number of hydrogen-bond donors (Lipinski definition) is 2. The van der Waals surface area contributed by atoms with Gasteiger partial charge in [0.2, 0.25) is 6.79 Å². The molecule has 5 heteroatoms. The molecule has 98 valence electrons. The number of ether oxygens (including phenoxy) is 2. The second kappa shape index (κ2) is 5.01. The van der Waals surface area contributed by atoms with Crippen LogP contribution in [0.2, 0.25) is 0 Å². The second-order valence-electron chi connectivity index (χ2n) is 4.19. The van der Waals surface area contributed by atoms with Crippen LogP contribution in [0.25, 0.3) is 0 Å². The van der Waals surface area contributed by atoms with Crippen molar-refractivity contribution in [1.29, 1.82) is 0 Å². The van der Waals surface area contributed by atoms with Crippen LogP contribution in [0, 0.1) is 0 Å². The third kappa shape index (κ3) is 2.61. The highest BCUT2D eigenvalue weighted by atomic mass is 79.9. The van der Waals surface area contributed by atoms with E-state index in [4.69, 9.17) is 9.47 Å². The Morgan fingerprint density at radius 2 is 1.95 bits per heavy atom. The first-order valence-electron chi connectivity index (χ1n) is 5.83. The number of benzene rings is 2. The number of anilines is 1. The number of phenolic OH excluding ortho intramolecular Hbond substituents is 1. The maximum atomic E-state index is 9.76. The molecule has 3 rings (SSSR count). The molecule has 0 saturated carbocycles. The lowest BCUT2D eigenvalue weighted by Gasteiger charge is -2.09. The molecule has 2 aromatic carbocycles. The van der Waals surface area contributed by atoms with Gasteiger partial charge in [-0.3, -0.25) is 0 Å². The molecule has 19 heavy (non-hydrogen) atoms. The minimum Gasteiger partial charge on any atom is -0.508 e. The van der Waals surface area contributed by atoms with Gasteiger partial charge in [0.25, 0.3) is 0 Å². The van der Waals surface area contributed by atoms with Gasteiger partial charge in [0.05, 0.1) is 0 Å². The van der Waals surface area contributed by atoms with E-state index in [1.807, 2.05) is 24.3 Å². The molecule has 1 aliphatic rings. The van der Waals surface area contributed by atoms with E-state index < -0.39 is 0 Å². The number of hydrogen-bond acceptors (Lipinski definition) is 4. The van der Waals surface area contributed by atoms with Crippen molar-refractivity contribution < 1.29 is 14.6 Å². The summed E-state index contributed by atoms with van der Waals surface area (Å²) in [5, 5.41) is 13.0. The molecule has 2 aromatic rings. The summed E-state index contributed by atoms with van der Waals surface area (Å²) in [6, 6.07) is 11.0. The van der Waals surface area contributed by atoms with E-state index in [-0.39, 0.29) is 12.5 Å². The number of nitrogens with one attached hydrogen (secondary N) is 1. The summed E-state index contributed by atoms with van der Waals surface area (Å²) in [4.78, 5) is 0. The predicted molar refractivity (Wildman–Crippen MR) is 75.7 cm³/mol. The summed E-state index contributed by atoms with van der Waals surface area (Å²) in [6.45, 7) is 0.802. The predicted octanol–water partition coefficient (Wildman–Crippen LogP) is 3.50. The molecular weight excluding hydrogens is 310 g/mol. The maximum absolute atomic E-state index is 9.76. The fourth-order valence-corrected chi connectivity index (χ4v) is 2.31. The highest BCUT2D eigenvalue weighted by molar-refractivity contribution is 9.10. The maximum Gasteiger partial charge on any atom is 0.231 e. The quantitative estimate of drug-likeness (QED) is 0.908. The average Bonchev–Trinajstić information content (AvgIpc) is 2.87. The normalized spacial score (nSPS) is 12.5. The molecule has 0 saturated heterocycles. The van der Waals surface area contributed by atoms with Gasteiger partial charge in [0.15, 0.2) is 11.5 Å². The van der Waals surface area contributed by atoms with Gasteiger partial charge in [0, 0.05) is 28.3 Å². The van der Waals surface area contributed by atoms with Crippen molar-refractivity contribution >= 4 is 21.6 Å². The van der Waals surface area contributed by atoms with Crippen LogP contribution in [0.4, 0.5) is 5.69 Å². The van der Waals surface area contributed by atoms with E-state index >= 15 is 0 Å². The van der Waals surface area contributed by atoms with Gasteiger partial charge in [-0.15, -0.1) is 0 Å². The van der Waals surface area contributed by atoms with E-state index in [1.54, 1.807) is 12.1 Å². The Balaban J connectivity index is 1.74. The SMILES string of the molecule is Oc1ccc(Br)cc1CNc1ccc2c(c1)OCO2. The molecule has 0 atom stereocenters. The Morgan fingerprint density at radius 3 is 2.84 bits per heavy atom. The molecule has 0 fully saturated rings. The van der Waals surface area contributed by atoms with Gasteiger partial charge >= 0.3 is 0 Å². The van der Waals surface area contributed by atoms with Gasteiger partial charge in [-0.25, -0.2) is 0 Å². The van der Waals surface area contributed by atoms with Crippen molar-refractivity contribution in [2.24, 2.45) is 0 Å². The van der Waals surface area contributed by atoms with Crippen LogP contribution in [0.1, 0.15) is 5.56 Å². The highest BCUT2D eigenvalue weighted by Crippen LogP contribution is 2.34. The van der Waals surface area contributed by atoms with Crippen LogP contribution < -0.4 is 14.8 Å². The fraction of sp³-hybridized carbons (Fsp3) is 0.143. The molecule has 0 aliphatic carbocycles. The van der Waals surface area contributed by atoms with E-state index in [1.165, 1.54) is 0 Å². The van der Waals surface area contributed by atoms with E-state index in [2.05, 4.69) is 21.2 Å². The summed E-state index contributed by atoms with van der Waals surface area (Å²) in [5.74, 6) is 1.77. The Labute approximate surface area is 119 Å². The topological polar surface area (TPSA) is 50.7 Å². The molecule has 0 spiro atoms. The number of fused-ring (bicyclic) bond motifs is 1. The summed E-state index contributed by atoms with van der Waals surface area (Å²) < 4.78 is 11.5. The average molecular weight is 322 g/mol. The molecule has 0 amide bonds. The smallest absolute Gasteiger partial charge is 0.231 e. The van der Waals surface area contributed by atoms with Gasteiger partial charge in [-0.1, -0.05) is 15.9 Å². The third-order valence-corrected chi connectivity index (χ3v) is 3.39. The molecule has 1 heterocycles. The molecule has 0 bridgehead atoms. The summed E-state index contributed by atoms with van der Waals surface area (Å²) in [5.41, 5.74) is 1.75.